The van der Waals surface area contributed by atoms with Crippen molar-refractivity contribution < 1.29 is 14.3 Å². The summed E-state index contributed by atoms with van der Waals surface area (Å²) in [6.07, 6.45) is 4.88. The molecule has 2 N–H and O–H groups in total. The molecule has 0 aliphatic heterocycles. The molecule has 5 rings (SSSR count). The number of carbonyl (C=O) groups is 1. The second-order valence-electron chi connectivity index (χ2n) is 8.55. The molecule has 192 valence electrons. The van der Waals surface area contributed by atoms with Gasteiger partial charge in [-0.2, -0.15) is 0 Å². The second kappa shape index (κ2) is 10.4. The predicted molar refractivity (Wildman–Crippen MR) is 148 cm³/mol. The highest BCUT2D eigenvalue weighted by Crippen LogP contribution is 2.37. The number of fused-ring (bicyclic) bond motifs is 1. The Bertz CT molecular complexity index is 1670. The summed E-state index contributed by atoms with van der Waals surface area (Å²) in [6, 6.07) is 14.9. The average molecular weight is 529 g/mol. The molecule has 10 heteroatoms. The summed E-state index contributed by atoms with van der Waals surface area (Å²) in [4.78, 5) is 24.9. The number of aryl methyl sites for hydroxylation is 2. The molecule has 3 heterocycles. The standard InChI is InChI=1S/C28H25ClN6O3/c1-16-5-6-17(11-20(16)19-8-9-31-15-21(19)29)33-28-34-22-13-26(25(37-4)14-24(22)35(28)3)38-18-7-10-32-23(12-18)27(36)30-2/h5-15H,1-4H3,(H,30,36)(H,33,34). The molecule has 0 radical (unpaired) electrons. The number of aromatic nitrogens is 4. The summed E-state index contributed by atoms with van der Waals surface area (Å²) < 4.78 is 13.6. The van der Waals surface area contributed by atoms with Gasteiger partial charge in [-0.05, 0) is 42.3 Å². The van der Waals surface area contributed by atoms with Crippen LogP contribution in [0.4, 0.5) is 11.6 Å². The average Bonchev–Trinajstić information content (AvgIpc) is 3.23. The number of halogens is 1. The van der Waals surface area contributed by atoms with E-state index in [-0.39, 0.29) is 11.6 Å². The van der Waals surface area contributed by atoms with Crippen molar-refractivity contribution in [3.8, 4) is 28.4 Å². The summed E-state index contributed by atoms with van der Waals surface area (Å²) in [5.41, 5.74) is 5.68. The fourth-order valence-corrected chi connectivity index (χ4v) is 4.34. The first-order valence-corrected chi connectivity index (χ1v) is 12.1. The lowest BCUT2D eigenvalue weighted by atomic mass is 10.0. The van der Waals surface area contributed by atoms with E-state index in [1.54, 1.807) is 44.8 Å². The van der Waals surface area contributed by atoms with Crippen molar-refractivity contribution >= 4 is 40.2 Å². The van der Waals surface area contributed by atoms with Gasteiger partial charge in [-0.3, -0.25) is 14.8 Å². The van der Waals surface area contributed by atoms with Gasteiger partial charge >= 0.3 is 0 Å². The normalized spacial score (nSPS) is 10.9. The number of methoxy groups -OCH3 is 1. The van der Waals surface area contributed by atoms with Crippen LogP contribution in [0.15, 0.2) is 67.1 Å². The molecule has 0 atom stereocenters. The SMILES string of the molecule is CNC(=O)c1cc(Oc2cc3nc(Nc4ccc(C)c(-c5ccncc5Cl)c4)n(C)c3cc2OC)ccn1. The maximum atomic E-state index is 12.0. The smallest absolute Gasteiger partial charge is 0.269 e. The zero-order valence-electron chi connectivity index (χ0n) is 21.2. The number of benzene rings is 2. The van der Waals surface area contributed by atoms with Gasteiger partial charge in [-0.15, -0.1) is 0 Å². The lowest BCUT2D eigenvalue weighted by Crippen LogP contribution is -2.18. The topological polar surface area (TPSA) is 103 Å². The van der Waals surface area contributed by atoms with E-state index >= 15 is 0 Å². The number of carbonyl (C=O) groups excluding carboxylic acids is 1. The highest BCUT2D eigenvalue weighted by molar-refractivity contribution is 6.33. The van der Waals surface area contributed by atoms with Gasteiger partial charge in [-0.25, -0.2) is 4.98 Å². The number of imidazole rings is 1. The molecule has 0 saturated carbocycles. The van der Waals surface area contributed by atoms with E-state index in [1.165, 1.54) is 6.20 Å². The molecule has 3 aromatic heterocycles. The Hall–Kier alpha value is -4.63. The molecule has 2 aromatic carbocycles. The number of nitrogens with zero attached hydrogens (tertiary/aromatic N) is 4. The van der Waals surface area contributed by atoms with Crippen LogP contribution in [0, 0.1) is 6.92 Å². The first-order valence-electron chi connectivity index (χ1n) is 11.8. The van der Waals surface area contributed by atoms with Crippen LogP contribution in [-0.2, 0) is 7.05 Å². The van der Waals surface area contributed by atoms with Crippen LogP contribution in [0.2, 0.25) is 5.02 Å². The highest BCUT2D eigenvalue weighted by atomic mass is 35.5. The number of hydrogen-bond acceptors (Lipinski definition) is 7. The molecule has 1 amide bonds. The summed E-state index contributed by atoms with van der Waals surface area (Å²) in [7, 11) is 5.04. The molecule has 0 fully saturated rings. The summed E-state index contributed by atoms with van der Waals surface area (Å²) >= 11 is 6.41. The van der Waals surface area contributed by atoms with E-state index in [0.717, 1.165) is 27.9 Å². The van der Waals surface area contributed by atoms with Crippen molar-refractivity contribution in [3.05, 3.63) is 83.4 Å². The highest BCUT2D eigenvalue weighted by Gasteiger charge is 2.16. The fourth-order valence-electron chi connectivity index (χ4n) is 4.12. The predicted octanol–water partition coefficient (Wildman–Crippen LogP) is 5.90. The van der Waals surface area contributed by atoms with Gasteiger partial charge in [0, 0.05) is 62.1 Å². The number of nitrogens with one attached hydrogen (secondary N) is 2. The molecule has 5 aromatic rings. The van der Waals surface area contributed by atoms with Gasteiger partial charge in [0.1, 0.15) is 11.4 Å². The van der Waals surface area contributed by atoms with E-state index in [1.807, 2.05) is 48.9 Å². The third-order valence-corrected chi connectivity index (χ3v) is 6.44. The fraction of sp³-hybridized carbons (Fsp3) is 0.143. The number of hydrogen-bond donors (Lipinski definition) is 2. The van der Waals surface area contributed by atoms with Crippen LogP contribution in [0.1, 0.15) is 16.1 Å². The van der Waals surface area contributed by atoms with Crippen molar-refractivity contribution in [1.82, 2.24) is 24.8 Å². The number of amides is 1. The van der Waals surface area contributed by atoms with Gasteiger partial charge in [0.25, 0.3) is 5.91 Å². The molecular weight excluding hydrogens is 504 g/mol. The van der Waals surface area contributed by atoms with Gasteiger partial charge < -0.3 is 24.7 Å². The minimum Gasteiger partial charge on any atom is -0.493 e. The molecule has 0 bridgehead atoms. The minimum absolute atomic E-state index is 0.250. The lowest BCUT2D eigenvalue weighted by molar-refractivity contribution is 0.0958. The first-order chi connectivity index (χ1) is 18.4. The van der Waals surface area contributed by atoms with E-state index in [9.17, 15) is 4.79 Å². The molecule has 0 spiro atoms. The largest absolute Gasteiger partial charge is 0.493 e. The van der Waals surface area contributed by atoms with Crippen LogP contribution in [0.3, 0.4) is 0 Å². The van der Waals surface area contributed by atoms with Crippen LogP contribution < -0.4 is 20.1 Å². The molecule has 0 aliphatic carbocycles. The molecule has 38 heavy (non-hydrogen) atoms. The molecular formula is C28H25ClN6O3. The molecule has 0 unspecified atom stereocenters. The summed E-state index contributed by atoms with van der Waals surface area (Å²) in [5.74, 6) is 1.77. The van der Waals surface area contributed by atoms with Crippen molar-refractivity contribution in [3.63, 3.8) is 0 Å². The van der Waals surface area contributed by atoms with E-state index in [0.29, 0.717) is 33.7 Å². The zero-order chi connectivity index (χ0) is 26.8. The Morgan fingerprint density at radius 1 is 1.03 bits per heavy atom. The van der Waals surface area contributed by atoms with Gasteiger partial charge in [0.15, 0.2) is 11.5 Å². The molecule has 0 saturated heterocycles. The quantitative estimate of drug-likeness (QED) is 0.271. The number of pyridine rings is 2. The monoisotopic (exact) mass is 528 g/mol. The van der Waals surface area contributed by atoms with Crippen LogP contribution in [0.25, 0.3) is 22.2 Å². The number of anilines is 2. The maximum absolute atomic E-state index is 12.0. The van der Waals surface area contributed by atoms with Crippen molar-refractivity contribution in [2.75, 3.05) is 19.5 Å². The number of rotatable bonds is 7. The molecule has 9 nitrogen and oxygen atoms in total. The van der Waals surface area contributed by atoms with Gasteiger partial charge in [0.2, 0.25) is 5.95 Å². The third-order valence-electron chi connectivity index (χ3n) is 6.14. The zero-order valence-corrected chi connectivity index (χ0v) is 22.0. The van der Waals surface area contributed by atoms with E-state index in [2.05, 4.69) is 20.6 Å². The van der Waals surface area contributed by atoms with E-state index in [4.69, 9.17) is 26.1 Å². The summed E-state index contributed by atoms with van der Waals surface area (Å²) in [5, 5.41) is 6.56. The Balaban J connectivity index is 1.48. The Kier molecular flexibility index (Phi) is 6.85. The van der Waals surface area contributed by atoms with Crippen LogP contribution in [-0.4, -0.2) is 39.6 Å². The van der Waals surface area contributed by atoms with Crippen LogP contribution >= 0.6 is 11.6 Å². The van der Waals surface area contributed by atoms with Gasteiger partial charge in [-0.1, -0.05) is 17.7 Å². The van der Waals surface area contributed by atoms with Crippen molar-refractivity contribution in [1.29, 1.82) is 0 Å². The third kappa shape index (κ3) is 4.83. The van der Waals surface area contributed by atoms with Crippen LogP contribution in [0.5, 0.6) is 17.2 Å². The van der Waals surface area contributed by atoms with Gasteiger partial charge in [0.05, 0.1) is 23.2 Å². The lowest BCUT2D eigenvalue weighted by Gasteiger charge is -2.12. The van der Waals surface area contributed by atoms with E-state index < -0.39 is 0 Å². The van der Waals surface area contributed by atoms with Crippen molar-refractivity contribution in [2.24, 2.45) is 7.05 Å². The first kappa shape index (κ1) is 25.0. The Labute approximate surface area is 224 Å². The Morgan fingerprint density at radius 3 is 2.63 bits per heavy atom. The maximum Gasteiger partial charge on any atom is 0.269 e. The number of ether oxygens (including phenoxy) is 2. The van der Waals surface area contributed by atoms with Crippen molar-refractivity contribution in [2.45, 2.75) is 6.92 Å². The Morgan fingerprint density at radius 2 is 1.87 bits per heavy atom. The molecule has 0 aliphatic rings. The second-order valence-corrected chi connectivity index (χ2v) is 8.96. The minimum atomic E-state index is -0.302. The summed E-state index contributed by atoms with van der Waals surface area (Å²) in [6.45, 7) is 2.04.